The van der Waals surface area contributed by atoms with Gasteiger partial charge in [-0.1, -0.05) is 0 Å². The Hall–Kier alpha value is -1.91. The number of hydrogen-bond donors (Lipinski definition) is 1. The molecule has 5 nitrogen and oxygen atoms in total. The van der Waals surface area contributed by atoms with Crippen LogP contribution in [0.1, 0.15) is 17.5 Å². The van der Waals surface area contributed by atoms with Crippen LogP contribution in [0.3, 0.4) is 0 Å². The summed E-state index contributed by atoms with van der Waals surface area (Å²) in [5.74, 6) is 1.38. The molecule has 1 heterocycles. The molecule has 18 heavy (non-hydrogen) atoms. The third-order valence-electron chi connectivity index (χ3n) is 3.70. The summed E-state index contributed by atoms with van der Waals surface area (Å²) in [6.07, 6.45) is 1.33. The Balaban J connectivity index is 2.09. The summed E-state index contributed by atoms with van der Waals surface area (Å²) in [6.45, 7) is 0.522. The van der Waals surface area contributed by atoms with E-state index in [4.69, 9.17) is 14.2 Å². The normalized spacial score (nSPS) is 24.7. The van der Waals surface area contributed by atoms with E-state index in [1.807, 2.05) is 12.1 Å². The van der Waals surface area contributed by atoms with Crippen molar-refractivity contribution in [2.24, 2.45) is 0 Å². The molecule has 5 heteroatoms. The fourth-order valence-corrected chi connectivity index (χ4v) is 2.78. The Kier molecular flexibility index (Phi) is 2.36. The molecular formula is C13H15NO4. The molecule has 1 aromatic rings. The summed E-state index contributed by atoms with van der Waals surface area (Å²) in [5, 5.41) is 2.73. The van der Waals surface area contributed by atoms with E-state index in [1.54, 1.807) is 14.2 Å². The van der Waals surface area contributed by atoms with Gasteiger partial charge in [-0.15, -0.1) is 0 Å². The van der Waals surface area contributed by atoms with E-state index in [2.05, 4.69) is 5.32 Å². The van der Waals surface area contributed by atoms with Gasteiger partial charge in [0.05, 0.1) is 20.8 Å². The number of alkyl carbamates (subject to hydrolysis) is 1. The van der Waals surface area contributed by atoms with Crippen molar-refractivity contribution in [3.63, 3.8) is 0 Å². The lowest BCUT2D eigenvalue weighted by Gasteiger charge is -2.22. The number of nitrogens with one attached hydrogen (secondary N) is 1. The van der Waals surface area contributed by atoms with E-state index >= 15 is 0 Å². The highest BCUT2D eigenvalue weighted by molar-refractivity contribution is 5.71. The van der Waals surface area contributed by atoms with Crippen LogP contribution in [0, 0.1) is 0 Å². The van der Waals surface area contributed by atoms with Gasteiger partial charge in [0.15, 0.2) is 17.1 Å². The van der Waals surface area contributed by atoms with Crippen LogP contribution in [0.5, 0.6) is 11.5 Å². The van der Waals surface area contributed by atoms with Crippen molar-refractivity contribution in [2.75, 3.05) is 20.8 Å². The molecule has 1 aromatic carbocycles. The zero-order valence-electron chi connectivity index (χ0n) is 10.4. The summed E-state index contributed by atoms with van der Waals surface area (Å²) in [4.78, 5) is 11.3. The lowest BCUT2D eigenvalue weighted by atomic mass is 9.96. The molecule has 0 bridgehead atoms. The van der Waals surface area contributed by atoms with Crippen LogP contribution >= 0.6 is 0 Å². The largest absolute Gasteiger partial charge is 0.493 e. The van der Waals surface area contributed by atoms with E-state index in [1.165, 1.54) is 0 Å². The predicted octanol–water partition coefficient (Wildman–Crippen LogP) is 1.59. The molecular weight excluding hydrogens is 234 g/mol. The smallest absolute Gasteiger partial charge is 0.408 e. The number of aryl methyl sites for hydroxylation is 1. The number of fused-ring (bicyclic) bond motifs is 2. The van der Waals surface area contributed by atoms with Crippen LogP contribution in [-0.4, -0.2) is 26.9 Å². The van der Waals surface area contributed by atoms with Crippen molar-refractivity contribution < 1.29 is 19.0 Å². The van der Waals surface area contributed by atoms with E-state index in [9.17, 15) is 4.79 Å². The Morgan fingerprint density at radius 3 is 2.61 bits per heavy atom. The average molecular weight is 249 g/mol. The Labute approximate surface area is 105 Å². The molecule has 1 N–H and O–H groups in total. The van der Waals surface area contributed by atoms with E-state index in [0.29, 0.717) is 18.0 Å². The number of amides is 1. The molecule has 0 aromatic heterocycles. The minimum atomic E-state index is -0.522. The SMILES string of the molecule is COc1cc2c(cc1OC)C1(CC2)CNC(=O)O1. The summed E-state index contributed by atoms with van der Waals surface area (Å²) in [7, 11) is 3.22. The molecule has 1 aliphatic heterocycles. The molecule has 3 rings (SSSR count). The van der Waals surface area contributed by atoms with Crippen LogP contribution in [0.4, 0.5) is 4.79 Å². The molecule has 2 aliphatic rings. The molecule has 96 valence electrons. The van der Waals surface area contributed by atoms with Crippen molar-refractivity contribution in [3.8, 4) is 11.5 Å². The second-order valence-corrected chi connectivity index (χ2v) is 4.60. The standard InChI is InChI=1S/C13H15NO4/c1-16-10-5-8-3-4-13(7-14-12(15)18-13)9(8)6-11(10)17-2/h5-6H,3-4,7H2,1-2H3,(H,14,15). The van der Waals surface area contributed by atoms with Crippen molar-refractivity contribution in [3.05, 3.63) is 23.3 Å². The van der Waals surface area contributed by atoms with Crippen LogP contribution in [0.15, 0.2) is 12.1 Å². The zero-order valence-corrected chi connectivity index (χ0v) is 10.4. The van der Waals surface area contributed by atoms with Crippen molar-refractivity contribution in [1.29, 1.82) is 0 Å². The number of carbonyl (C=O) groups excluding carboxylic acids is 1. The summed E-state index contributed by atoms with van der Waals surface area (Å²) in [5.41, 5.74) is 1.66. The molecule has 1 saturated heterocycles. The van der Waals surface area contributed by atoms with Gasteiger partial charge in [-0.05, 0) is 30.5 Å². The van der Waals surface area contributed by atoms with Crippen molar-refractivity contribution in [2.45, 2.75) is 18.4 Å². The van der Waals surface area contributed by atoms with Crippen molar-refractivity contribution >= 4 is 6.09 Å². The first-order valence-electron chi connectivity index (χ1n) is 5.91. The Bertz CT molecular complexity index is 514. The molecule has 1 fully saturated rings. The quantitative estimate of drug-likeness (QED) is 0.864. The summed E-state index contributed by atoms with van der Waals surface area (Å²) in [6, 6.07) is 3.89. The highest BCUT2D eigenvalue weighted by Gasteiger charge is 2.47. The molecule has 1 aliphatic carbocycles. The molecule has 1 unspecified atom stereocenters. The minimum absolute atomic E-state index is 0.349. The maximum absolute atomic E-state index is 11.3. The van der Waals surface area contributed by atoms with Crippen LogP contribution < -0.4 is 14.8 Å². The highest BCUT2D eigenvalue weighted by Crippen LogP contribution is 2.45. The number of hydrogen-bond acceptors (Lipinski definition) is 4. The zero-order chi connectivity index (χ0) is 12.8. The lowest BCUT2D eigenvalue weighted by molar-refractivity contribution is 0.0559. The maximum Gasteiger partial charge on any atom is 0.408 e. The van der Waals surface area contributed by atoms with E-state index < -0.39 is 5.60 Å². The second-order valence-electron chi connectivity index (χ2n) is 4.60. The van der Waals surface area contributed by atoms with Gasteiger partial charge in [0.1, 0.15) is 0 Å². The topological polar surface area (TPSA) is 56.8 Å². The van der Waals surface area contributed by atoms with Crippen LogP contribution in [-0.2, 0) is 16.8 Å². The van der Waals surface area contributed by atoms with Gasteiger partial charge in [0, 0.05) is 5.56 Å². The van der Waals surface area contributed by atoms with Gasteiger partial charge in [-0.3, -0.25) is 0 Å². The Morgan fingerprint density at radius 2 is 2.00 bits per heavy atom. The first-order chi connectivity index (χ1) is 8.68. The molecule has 0 saturated carbocycles. The molecule has 1 spiro atoms. The van der Waals surface area contributed by atoms with Gasteiger partial charge in [0.2, 0.25) is 0 Å². The summed E-state index contributed by atoms with van der Waals surface area (Å²) < 4.78 is 16.1. The third kappa shape index (κ3) is 1.43. The Morgan fingerprint density at radius 1 is 1.28 bits per heavy atom. The van der Waals surface area contributed by atoms with Gasteiger partial charge in [-0.2, -0.15) is 0 Å². The summed E-state index contributed by atoms with van der Waals surface area (Å²) >= 11 is 0. The lowest BCUT2D eigenvalue weighted by Crippen LogP contribution is -2.27. The van der Waals surface area contributed by atoms with Gasteiger partial charge in [-0.25, -0.2) is 4.79 Å². The van der Waals surface area contributed by atoms with Crippen molar-refractivity contribution in [1.82, 2.24) is 5.32 Å². The minimum Gasteiger partial charge on any atom is -0.493 e. The van der Waals surface area contributed by atoms with Crippen LogP contribution in [0.2, 0.25) is 0 Å². The van der Waals surface area contributed by atoms with E-state index in [-0.39, 0.29) is 6.09 Å². The van der Waals surface area contributed by atoms with Gasteiger partial charge >= 0.3 is 6.09 Å². The highest BCUT2D eigenvalue weighted by atomic mass is 16.6. The number of benzene rings is 1. The number of ether oxygens (including phenoxy) is 3. The molecule has 1 atom stereocenters. The average Bonchev–Trinajstić information content (AvgIpc) is 2.93. The molecule has 1 amide bonds. The van der Waals surface area contributed by atoms with Gasteiger partial charge < -0.3 is 19.5 Å². The second kappa shape index (κ2) is 3.80. The maximum atomic E-state index is 11.3. The number of rotatable bonds is 2. The van der Waals surface area contributed by atoms with Gasteiger partial charge in [0.25, 0.3) is 0 Å². The first kappa shape index (κ1) is 11.2. The number of carbonyl (C=O) groups is 1. The van der Waals surface area contributed by atoms with E-state index in [0.717, 1.165) is 24.0 Å². The molecule has 0 radical (unpaired) electrons. The third-order valence-corrected chi connectivity index (χ3v) is 3.70. The fraction of sp³-hybridized carbons (Fsp3) is 0.462. The fourth-order valence-electron chi connectivity index (χ4n) is 2.78. The number of methoxy groups -OCH3 is 2. The monoisotopic (exact) mass is 249 g/mol. The first-order valence-corrected chi connectivity index (χ1v) is 5.91. The predicted molar refractivity (Wildman–Crippen MR) is 64.0 cm³/mol. The van der Waals surface area contributed by atoms with Crippen LogP contribution in [0.25, 0.3) is 0 Å².